The molecule has 21 heavy (non-hydrogen) atoms. The van der Waals surface area contributed by atoms with E-state index >= 15 is 0 Å². The molecule has 2 aromatic rings. The minimum absolute atomic E-state index is 0.0975. The Morgan fingerprint density at radius 2 is 2.00 bits per heavy atom. The fraction of sp³-hybridized carbons (Fsp3) is 0.125. The first kappa shape index (κ1) is 13.3. The fourth-order valence-electron chi connectivity index (χ4n) is 2.12. The molecular weight excluding hydrogens is 273 g/mol. The highest BCUT2D eigenvalue weighted by Gasteiger charge is 2.26. The zero-order chi connectivity index (χ0) is 14.8. The van der Waals surface area contributed by atoms with Gasteiger partial charge in [0.2, 0.25) is 5.90 Å². The van der Waals surface area contributed by atoms with E-state index in [-0.39, 0.29) is 17.4 Å². The van der Waals surface area contributed by atoms with Gasteiger partial charge in [-0.25, -0.2) is 14.2 Å². The summed E-state index contributed by atoms with van der Waals surface area (Å²) < 4.78 is 24.0. The molecule has 0 amide bonds. The van der Waals surface area contributed by atoms with Crippen LogP contribution in [0.1, 0.15) is 12.5 Å². The van der Waals surface area contributed by atoms with E-state index in [1.54, 1.807) is 37.3 Å². The number of carbonyl (C=O) groups is 1. The lowest BCUT2D eigenvalue weighted by atomic mass is 10.0. The number of esters is 1. The largest absolute Gasteiger partial charge is 0.499 e. The van der Waals surface area contributed by atoms with Crippen LogP contribution >= 0.6 is 0 Å². The van der Waals surface area contributed by atoms with Crippen molar-refractivity contribution < 1.29 is 18.7 Å². The second-order valence-electron chi connectivity index (χ2n) is 4.41. The molecule has 0 N–H and O–H groups in total. The van der Waals surface area contributed by atoms with Crippen LogP contribution in [0.15, 0.2) is 53.3 Å². The number of nitrogens with zero attached hydrogens (tertiary/aromatic N) is 1. The van der Waals surface area contributed by atoms with Crippen molar-refractivity contribution in [2.45, 2.75) is 6.92 Å². The Kier molecular flexibility index (Phi) is 3.39. The summed E-state index contributed by atoms with van der Waals surface area (Å²) in [5.74, 6) is -0.752. The van der Waals surface area contributed by atoms with Gasteiger partial charge < -0.3 is 9.47 Å². The first-order chi connectivity index (χ1) is 10.2. The Morgan fingerprint density at radius 3 is 2.76 bits per heavy atom. The molecule has 0 radical (unpaired) electrons. The highest BCUT2D eigenvalue weighted by atomic mass is 19.1. The number of hydrogen-bond acceptors (Lipinski definition) is 4. The van der Waals surface area contributed by atoms with Crippen LogP contribution in [-0.4, -0.2) is 18.5 Å². The van der Waals surface area contributed by atoms with E-state index in [1.807, 2.05) is 0 Å². The Hall–Kier alpha value is -2.69. The van der Waals surface area contributed by atoms with Crippen LogP contribution in [0, 0.1) is 5.82 Å². The maximum absolute atomic E-state index is 13.8. The minimum atomic E-state index is -0.577. The summed E-state index contributed by atoms with van der Waals surface area (Å²) in [7, 11) is 0. The van der Waals surface area contributed by atoms with E-state index in [1.165, 1.54) is 12.3 Å². The Labute approximate surface area is 120 Å². The molecular formula is C16H12FNO3. The number of benzene rings is 2. The molecule has 2 aromatic carbocycles. The SMILES string of the molecule is CCO/C=C1\N=C(c2ccc(F)c3ccccc23)OC1=O. The molecule has 1 aliphatic heterocycles. The van der Waals surface area contributed by atoms with Gasteiger partial charge in [-0.3, -0.25) is 0 Å². The molecule has 0 bridgehead atoms. The average molecular weight is 285 g/mol. The molecule has 3 rings (SSSR count). The summed E-state index contributed by atoms with van der Waals surface area (Å²) in [6.45, 7) is 2.23. The van der Waals surface area contributed by atoms with Crippen LogP contribution in [-0.2, 0) is 14.3 Å². The Balaban J connectivity index is 2.10. The lowest BCUT2D eigenvalue weighted by Crippen LogP contribution is -2.06. The molecule has 0 saturated heterocycles. The van der Waals surface area contributed by atoms with E-state index in [0.29, 0.717) is 22.9 Å². The molecule has 1 heterocycles. The third-order valence-corrected chi connectivity index (χ3v) is 3.08. The fourth-order valence-corrected chi connectivity index (χ4v) is 2.12. The zero-order valence-corrected chi connectivity index (χ0v) is 11.3. The van der Waals surface area contributed by atoms with Gasteiger partial charge in [-0.05, 0) is 24.4 Å². The maximum Gasteiger partial charge on any atom is 0.367 e. The van der Waals surface area contributed by atoms with E-state index in [4.69, 9.17) is 9.47 Å². The molecule has 5 heteroatoms. The summed E-state index contributed by atoms with van der Waals surface area (Å²) in [4.78, 5) is 15.8. The number of ether oxygens (including phenoxy) is 2. The van der Waals surface area contributed by atoms with E-state index in [0.717, 1.165) is 0 Å². The number of carbonyl (C=O) groups excluding carboxylic acids is 1. The predicted octanol–water partition coefficient (Wildman–Crippen LogP) is 3.16. The molecule has 4 nitrogen and oxygen atoms in total. The van der Waals surface area contributed by atoms with Crippen molar-refractivity contribution in [3.63, 3.8) is 0 Å². The van der Waals surface area contributed by atoms with Crippen molar-refractivity contribution in [2.24, 2.45) is 4.99 Å². The van der Waals surface area contributed by atoms with Gasteiger partial charge in [0, 0.05) is 10.9 Å². The smallest absolute Gasteiger partial charge is 0.367 e. The topological polar surface area (TPSA) is 47.9 Å². The number of hydrogen-bond donors (Lipinski definition) is 0. The molecule has 0 saturated carbocycles. The quantitative estimate of drug-likeness (QED) is 0.494. The molecule has 0 atom stereocenters. The lowest BCUT2D eigenvalue weighted by molar-refractivity contribution is -0.130. The summed E-state index contributed by atoms with van der Waals surface area (Å²) in [5.41, 5.74) is 0.667. The van der Waals surface area contributed by atoms with Gasteiger partial charge in [-0.2, -0.15) is 0 Å². The number of cyclic esters (lactones) is 1. The average Bonchev–Trinajstić information content (AvgIpc) is 2.87. The number of rotatable bonds is 3. The molecule has 0 unspecified atom stereocenters. The van der Waals surface area contributed by atoms with Crippen LogP contribution in [0.25, 0.3) is 10.8 Å². The Bertz CT molecular complexity index is 780. The molecule has 0 aliphatic carbocycles. The molecule has 106 valence electrons. The van der Waals surface area contributed by atoms with Gasteiger partial charge in [-0.1, -0.05) is 24.3 Å². The molecule has 0 aromatic heterocycles. The third kappa shape index (κ3) is 2.38. The summed E-state index contributed by atoms with van der Waals surface area (Å²) >= 11 is 0. The highest BCUT2D eigenvalue weighted by molar-refractivity contribution is 6.16. The maximum atomic E-state index is 13.8. The van der Waals surface area contributed by atoms with Crippen molar-refractivity contribution in [3.05, 3.63) is 59.7 Å². The second kappa shape index (κ2) is 5.36. The predicted molar refractivity (Wildman–Crippen MR) is 76.2 cm³/mol. The van der Waals surface area contributed by atoms with E-state index in [9.17, 15) is 9.18 Å². The van der Waals surface area contributed by atoms with Gasteiger partial charge in [0.15, 0.2) is 5.70 Å². The van der Waals surface area contributed by atoms with Gasteiger partial charge >= 0.3 is 5.97 Å². The minimum Gasteiger partial charge on any atom is -0.499 e. The van der Waals surface area contributed by atoms with E-state index in [2.05, 4.69) is 4.99 Å². The Morgan fingerprint density at radius 1 is 1.24 bits per heavy atom. The van der Waals surface area contributed by atoms with Crippen molar-refractivity contribution in [1.29, 1.82) is 0 Å². The monoisotopic (exact) mass is 285 g/mol. The summed E-state index contributed by atoms with van der Waals surface area (Å²) in [6.07, 6.45) is 1.26. The van der Waals surface area contributed by atoms with Gasteiger partial charge in [0.1, 0.15) is 12.1 Å². The second-order valence-corrected chi connectivity index (χ2v) is 4.41. The van der Waals surface area contributed by atoms with Crippen LogP contribution in [0.4, 0.5) is 4.39 Å². The lowest BCUT2D eigenvalue weighted by Gasteiger charge is -2.05. The number of aliphatic imine (C=N–C) groups is 1. The van der Waals surface area contributed by atoms with Gasteiger partial charge in [0.25, 0.3) is 0 Å². The molecule has 0 spiro atoms. The normalized spacial score (nSPS) is 16.2. The van der Waals surface area contributed by atoms with Crippen LogP contribution in [0.5, 0.6) is 0 Å². The summed E-state index contributed by atoms with van der Waals surface area (Å²) in [5, 5.41) is 1.10. The molecule has 0 fully saturated rings. The third-order valence-electron chi connectivity index (χ3n) is 3.08. The van der Waals surface area contributed by atoms with Crippen molar-refractivity contribution in [1.82, 2.24) is 0 Å². The number of fused-ring (bicyclic) bond motifs is 1. The van der Waals surface area contributed by atoms with Crippen LogP contribution < -0.4 is 0 Å². The highest BCUT2D eigenvalue weighted by Crippen LogP contribution is 2.25. The van der Waals surface area contributed by atoms with Crippen LogP contribution in [0.2, 0.25) is 0 Å². The van der Waals surface area contributed by atoms with Crippen molar-refractivity contribution in [3.8, 4) is 0 Å². The van der Waals surface area contributed by atoms with E-state index < -0.39 is 5.97 Å². The van der Waals surface area contributed by atoms with Crippen LogP contribution in [0.3, 0.4) is 0 Å². The summed E-state index contributed by atoms with van der Waals surface area (Å²) in [6, 6.07) is 9.85. The first-order valence-corrected chi connectivity index (χ1v) is 6.51. The first-order valence-electron chi connectivity index (χ1n) is 6.51. The van der Waals surface area contributed by atoms with Crippen molar-refractivity contribution in [2.75, 3.05) is 6.61 Å². The van der Waals surface area contributed by atoms with Gasteiger partial charge in [-0.15, -0.1) is 0 Å². The van der Waals surface area contributed by atoms with Crippen molar-refractivity contribution >= 4 is 22.6 Å². The zero-order valence-electron chi connectivity index (χ0n) is 11.3. The molecule has 1 aliphatic rings. The standard InChI is InChI=1S/C16H12FNO3/c1-2-20-9-14-16(19)21-15(18-14)12-7-8-13(17)11-6-4-3-5-10(11)12/h3-9H,2H2,1H3/b14-9-. The number of halogens is 1. The van der Waals surface area contributed by atoms with Gasteiger partial charge in [0.05, 0.1) is 6.61 Å².